The Morgan fingerprint density at radius 1 is 1.30 bits per heavy atom. The predicted octanol–water partition coefficient (Wildman–Crippen LogP) is 2.13. The second-order valence-electron chi connectivity index (χ2n) is 7.76. The molecule has 3 heterocycles. The molecule has 0 bridgehead atoms. The summed E-state index contributed by atoms with van der Waals surface area (Å²) in [6, 6.07) is 7.04. The highest BCUT2D eigenvalue weighted by atomic mass is 32.1. The van der Waals surface area contributed by atoms with Gasteiger partial charge in [-0.15, -0.1) is 10.2 Å². The average Bonchev–Trinajstić information content (AvgIpc) is 3.13. The fraction of sp³-hybridized carbons (Fsp3) is 0.450. The second kappa shape index (κ2) is 8.02. The lowest BCUT2D eigenvalue weighted by atomic mass is 10.0. The summed E-state index contributed by atoms with van der Waals surface area (Å²) < 4.78 is 6.11. The van der Waals surface area contributed by atoms with Crippen LogP contribution in [0.15, 0.2) is 24.3 Å². The van der Waals surface area contributed by atoms with Crippen molar-refractivity contribution < 1.29 is 19.1 Å². The molecule has 0 aliphatic carbocycles. The Hall–Kier alpha value is -3.01. The van der Waals surface area contributed by atoms with Crippen LogP contribution in [0.25, 0.3) is 0 Å². The first-order chi connectivity index (χ1) is 14.3. The smallest absolute Gasteiger partial charge is 0.258 e. The Morgan fingerprint density at radius 3 is 2.87 bits per heavy atom. The zero-order valence-electron chi connectivity index (χ0n) is 16.8. The summed E-state index contributed by atoms with van der Waals surface area (Å²) in [6.45, 7) is 4.21. The molecule has 9 nitrogen and oxygen atoms in total. The number of likely N-dealkylation sites (tertiary alicyclic amines) is 1. The lowest BCUT2D eigenvalue weighted by Crippen LogP contribution is -2.56. The van der Waals surface area contributed by atoms with Crippen LogP contribution in [0.1, 0.15) is 54.4 Å². The number of para-hydroxylation sites is 1. The third kappa shape index (κ3) is 4.13. The molecule has 1 spiro atoms. The van der Waals surface area contributed by atoms with E-state index in [1.54, 1.807) is 18.2 Å². The van der Waals surface area contributed by atoms with Gasteiger partial charge in [-0.25, -0.2) is 0 Å². The van der Waals surface area contributed by atoms with Gasteiger partial charge in [-0.2, -0.15) is 0 Å². The van der Waals surface area contributed by atoms with Crippen LogP contribution in [-0.4, -0.2) is 51.6 Å². The molecule has 2 aromatic rings. The lowest BCUT2D eigenvalue weighted by Gasteiger charge is -2.38. The molecule has 30 heavy (non-hydrogen) atoms. The Balaban J connectivity index is 1.40. The van der Waals surface area contributed by atoms with Crippen molar-refractivity contribution in [2.24, 2.45) is 0 Å². The minimum Gasteiger partial charge on any atom is -0.467 e. The van der Waals surface area contributed by atoms with Crippen molar-refractivity contribution in [3.05, 3.63) is 34.8 Å². The van der Waals surface area contributed by atoms with Crippen molar-refractivity contribution in [2.45, 2.75) is 44.8 Å². The largest absolute Gasteiger partial charge is 0.467 e. The number of benzene rings is 1. The number of rotatable bonds is 4. The number of carbonyl (C=O) groups excluding carboxylic acids is 3. The third-order valence-electron chi connectivity index (χ3n) is 5.17. The number of anilines is 1. The van der Waals surface area contributed by atoms with Crippen molar-refractivity contribution in [1.82, 2.24) is 20.4 Å². The van der Waals surface area contributed by atoms with Crippen molar-refractivity contribution >= 4 is 34.2 Å². The van der Waals surface area contributed by atoms with Crippen LogP contribution in [0.3, 0.4) is 0 Å². The molecular formula is C20H23N5O4S. The van der Waals surface area contributed by atoms with Gasteiger partial charge in [0, 0.05) is 31.7 Å². The van der Waals surface area contributed by atoms with Crippen LogP contribution < -0.4 is 15.4 Å². The van der Waals surface area contributed by atoms with Crippen LogP contribution in [0.2, 0.25) is 0 Å². The molecule has 2 aliphatic heterocycles. The van der Waals surface area contributed by atoms with E-state index in [-0.39, 0.29) is 36.6 Å². The fourth-order valence-corrected chi connectivity index (χ4v) is 4.29. The number of nitrogens with one attached hydrogen (secondary N) is 2. The molecule has 1 aromatic heterocycles. The molecule has 0 radical (unpaired) electrons. The maximum Gasteiger partial charge on any atom is 0.258 e. The van der Waals surface area contributed by atoms with E-state index < -0.39 is 5.72 Å². The highest BCUT2D eigenvalue weighted by molar-refractivity contribution is 7.15. The highest BCUT2D eigenvalue weighted by Gasteiger charge is 2.42. The molecule has 1 aromatic carbocycles. The van der Waals surface area contributed by atoms with Gasteiger partial charge in [0.2, 0.25) is 16.9 Å². The van der Waals surface area contributed by atoms with Gasteiger partial charge in [-0.1, -0.05) is 37.3 Å². The summed E-state index contributed by atoms with van der Waals surface area (Å²) in [5, 5.41) is 14.9. The van der Waals surface area contributed by atoms with E-state index in [1.807, 2.05) is 19.9 Å². The highest BCUT2D eigenvalue weighted by Crippen LogP contribution is 2.33. The van der Waals surface area contributed by atoms with E-state index in [9.17, 15) is 14.4 Å². The van der Waals surface area contributed by atoms with Gasteiger partial charge >= 0.3 is 0 Å². The minimum absolute atomic E-state index is 0.0873. The maximum atomic E-state index is 12.6. The molecule has 3 amide bonds. The molecule has 0 saturated carbocycles. The van der Waals surface area contributed by atoms with Gasteiger partial charge in [-0.05, 0) is 12.1 Å². The molecule has 0 unspecified atom stereocenters. The monoisotopic (exact) mass is 429 g/mol. The number of carbonyl (C=O) groups is 3. The number of hydrogen-bond acceptors (Lipinski definition) is 7. The van der Waals surface area contributed by atoms with Crippen LogP contribution in [0, 0.1) is 0 Å². The molecule has 10 heteroatoms. The number of nitrogens with zero attached hydrogens (tertiary/aromatic N) is 3. The van der Waals surface area contributed by atoms with E-state index in [4.69, 9.17) is 4.74 Å². The first-order valence-electron chi connectivity index (χ1n) is 9.87. The predicted molar refractivity (Wildman–Crippen MR) is 110 cm³/mol. The number of amides is 3. The van der Waals surface area contributed by atoms with Gasteiger partial charge in [0.15, 0.2) is 5.72 Å². The minimum atomic E-state index is -0.947. The quantitative estimate of drug-likeness (QED) is 0.770. The standard InChI is InChI=1S/C20H23N5O4S/c1-12(2)18-23-24-19(30-18)21-15(26)11-25-10-9-20(8-7-16(25)27)22-17(28)13-5-3-4-6-14(13)29-20/h3-6,12H,7-11H2,1-2H3,(H,22,28)(H,21,24,26)/t20-/m0/s1. The summed E-state index contributed by atoms with van der Waals surface area (Å²) in [5.41, 5.74) is -0.467. The molecule has 1 fully saturated rings. The van der Waals surface area contributed by atoms with Crippen LogP contribution in [0.4, 0.5) is 5.13 Å². The second-order valence-corrected chi connectivity index (χ2v) is 8.77. The summed E-state index contributed by atoms with van der Waals surface area (Å²) in [5.74, 6) is 0.0424. The van der Waals surface area contributed by atoms with Gasteiger partial charge in [-0.3, -0.25) is 19.7 Å². The Labute approximate surface area is 177 Å². The maximum absolute atomic E-state index is 12.6. The molecule has 2 aliphatic rings. The van der Waals surface area contributed by atoms with E-state index in [1.165, 1.54) is 16.2 Å². The summed E-state index contributed by atoms with van der Waals surface area (Å²) in [4.78, 5) is 39.0. The molecule has 2 N–H and O–H groups in total. The van der Waals surface area contributed by atoms with E-state index >= 15 is 0 Å². The molecule has 1 atom stereocenters. The van der Waals surface area contributed by atoms with Crippen molar-refractivity contribution in [3.8, 4) is 5.75 Å². The molecule has 1 saturated heterocycles. The van der Waals surface area contributed by atoms with Crippen LogP contribution in [0.5, 0.6) is 5.75 Å². The van der Waals surface area contributed by atoms with Gasteiger partial charge in [0.05, 0.1) is 12.1 Å². The van der Waals surface area contributed by atoms with Gasteiger partial charge in [0.1, 0.15) is 10.8 Å². The van der Waals surface area contributed by atoms with Gasteiger partial charge < -0.3 is 15.0 Å². The molecule has 158 valence electrons. The van der Waals surface area contributed by atoms with Crippen molar-refractivity contribution in [1.29, 1.82) is 0 Å². The number of fused-ring (bicyclic) bond motifs is 1. The van der Waals surface area contributed by atoms with Crippen LogP contribution in [-0.2, 0) is 9.59 Å². The van der Waals surface area contributed by atoms with Gasteiger partial charge in [0.25, 0.3) is 5.91 Å². The zero-order chi connectivity index (χ0) is 21.3. The zero-order valence-corrected chi connectivity index (χ0v) is 17.6. The van der Waals surface area contributed by atoms with Crippen LogP contribution >= 0.6 is 11.3 Å². The Kier molecular flexibility index (Phi) is 5.42. The first-order valence-corrected chi connectivity index (χ1v) is 10.7. The summed E-state index contributed by atoms with van der Waals surface area (Å²) in [6.07, 6.45) is 0.909. The fourth-order valence-electron chi connectivity index (χ4n) is 3.53. The van der Waals surface area contributed by atoms with Crippen molar-refractivity contribution in [2.75, 3.05) is 18.4 Å². The van der Waals surface area contributed by atoms with E-state index in [0.717, 1.165) is 5.01 Å². The van der Waals surface area contributed by atoms with Crippen molar-refractivity contribution in [3.63, 3.8) is 0 Å². The topological polar surface area (TPSA) is 114 Å². The Bertz CT molecular complexity index is 991. The normalized spacial score (nSPS) is 21.1. The lowest BCUT2D eigenvalue weighted by molar-refractivity contribution is -0.134. The summed E-state index contributed by atoms with van der Waals surface area (Å²) in [7, 11) is 0. The first kappa shape index (κ1) is 20.3. The molecular weight excluding hydrogens is 406 g/mol. The Morgan fingerprint density at radius 2 is 2.10 bits per heavy atom. The average molecular weight is 430 g/mol. The molecule has 4 rings (SSSR count). The number of hydrogen-bond donors (Lipinski definition) is 2. The number of ether oxygens (including phenoxy) is 1. The number of aromatic nitrogens is 2. The summed E-state index contributed by atoms with van der Waals surface area (Å²) >= 11 is 1.32. The van der Waals surface area contributed by atoms with E-state index in [0.29, 0.717) is 35.8 Å². The SMILES string of the molecule is CC(C)c1nnc(NC(=O)CN2CC[C@@]3(CCC2=O)NC(=O)c2ccccc2O3)s1. The van der Waals surface area contributed by atoms with E-state index in [2.05, 4.69) is 20.8 Å². The third-order valence-corrected chi connectivity index (χ3v) is 6.31.